The Bertz CT molecular complexity index is 945. The number of nitrogens with zero attached hydrogens (tertiary/aromatic N) is 4. The molecular formula is C16H17N5O5S2. The molecule has 28 heavy (non-hydrogen) atoms. The van der Waals surface area contributed by atoms with Crippen LogP contribution in [-0.4, -0.2) is 47.3 Å². The van der Waals surface area contributed by atoms with E-state index in [-0.39, 0.29) is 6.61 Å². The van der Waals surface area contributed by atoms with Crippen LogP contribution in [0.5, 0.6) is 11.5 Å². The van der Waals surface area contributed by atoms with Gasteiger partial charge >= 0.3 is 6.09 Å². The van der Waals surface area contributed by atoms with E-state index >= 15 is 0 Å². The third-order valence-electron chi connectivity index (χ3n) is 3.32. The van der Waals surface area contributed by atoms with Crippen molar-refractivity contribution < 1.29 is 23.5 Å². The first-order valence-electron chi connectivity index (χ1n) is 8.08. The van der Waals surface area contributed by atoms with Gasteiger partial charge in [0.25, 0.3) is 0 Å². The Kier molecular flexibility index (Phi) is 6.66. The standard InChI is InChI=1S/C16H17N5O5S2/c1-4-25-15(22)18-14-19-20-16(28-14)27-8-12-17-13(21-26-12)9-5-6-10(23-2)11(7-9)24-3/h5-7H,4,8H2,1-3H3,(H,18,19,22). The minimum absolute atomic E-state index is 0.284. The lowest BCUT2D eigenvalue weighted by Gasteiger charge is -2.07. The number of ether oxygens (including phenoxy) is 3. The topological polar surface area (TPSA) is 121 Å². The molecule has 0 aliphatic heterocycles. The predicted molar refractivity (Wildman–Crippen MR) is 103 cm³/mol. The molecule has 0 aliphatic carbocycles. The molecule has 148 valence electrons. The normalized spacial score (nSPS) is 10.5. The van der Waals surface area contributed by atoms with Crippen molar-refractivity contribution in [3.63, 3.8) is 0 Å². The molecule has 0 radical (unpaired) electrons. The summed E-state index contributed by atoms with van der Waals surface area (Å²) in [7, 11) is 3.13. The highest BCUT2D eigenvalue weighted by Gasteiger charge is 2.14. The summed E-state index contributed by atoms with van der Waals surface area (Å²) in [6.45, 7) is 2.01. The molecule has 2 aromatic heterocycles. The van der Waals surface area contributed by atoms with Crippen LogP contribution in [0.25, 0.3) is 11.4 Å². The second kappa shape index (κ2) is 9.37. The second-order valence-electron chi connectivity index (χ2n) is 5.09. The van der Waals surface area contributed by atoms with E-state index < -0.39 is 6.09 Å². The minimum atomic E-state index is -0.563. The number of nitrogens with one attached hydrogen (secondary N) is 1. The maximum atomic E-state index is 11.4. The lowest BCUT2D eigenvalue weighted by atomic mass is 10.2. The molecule has 2 heterocycles. The molecule has 0 saturated heterocycles. The third kappa shape index (κ3) is 4.89. The maximum absolute atomic E-state index is 11.4. The highest BCUT2D eigenvalue weighted by molar-refractivity contribution is 8.00. The lowest BCUT2D eigenvalue weighted by molar-refractivity contribution is 0.168. The van der Waals surface area contributed by atoms with Crippen LogP contribution < -0.4 is 14.8 Å². The summed E-state index contributed by atoms with van der Waals surface area (Å²) in [5, 5.41) is 14.7. The van der Waals surface area contributed by atoms with Gasteiger partial charge in [0.1, 0.15) is 0 Å². The molecule has 0 unspecified atom stereocenters. The molecule has 0 fully saturated rings. The minimum Gasteiger partial charge on any atom is -0.493 e. The number of amides is 1. The van der Waals surface area contributed by atoms with E-state index in [4.69, 9.17) is 18.7 Å². The first kappa shape index (κ1) is 19.9. The van der Waals surface area contributed by atoms with Crippen molar-refractivity contribution in [1.29, 1.82) is 0 Å². The Morgan fingerprint density at radius 2 is 2.07 bits per heavy atom. The highest BCUT2D eigenvalue weighted by atomic mass is 32.2. The van der Waals surface area contributed by atoms with Gasteiger partial charge in [0.2, 0.25) is 16.8 Å². The first-order valence-corrected chi connectivity index (χ1v) is 9.88. The number of aromatic nitrogens is 4. The van der Waals surface area contributed by atoms with E-state index in [1.54, 1.807) is 33.3 Å². The van der Waals surface area contributed by atoms with Crippen molar-refractivity contribution in [3.05, 3.63) is 24.1 Å². The van der Waals surface area contributed by atoms with E-state index in [1.807, 2.05) is 6.07 Å². The van der Waals surface area contributed by atoms with Crippen molar-refractivity contribution in [2.24, 2.45) is 0 Å². The second-order valence-corrected chi connectivity index (χ2v) is 7.29. The van der Waals surface area contributed by atoms with Crippen LogP contribution in [0.15, 0.2) is 27.1 Å². The van der Waals surface area contributed by atoms with E-state index in [0.29, 0.717) is 38.4 Å². The van der Waals surface area contributed by atoms with Crippen LogP contribution >= 0.6 is 23.1 Å². The van der Waals surface area contributed by atoms with Crippen molar-refractivity contribution >= 4 is 34.3 Å². The summed E-state index contributed by atoms with van der Waals surface area (Å²) in [6.07, 6.45) is -0.563. The van der Waals surface area contributed by atoms with E-state index in [2.05, 4.69) is 25.7 Å². The zero-order valence-electron chi connectivity index (χ0n) is 15.3. The van der Waals surface area contributed by atoms with Gasteiger partial charge in [0.15, 0.2) is 15.8 Å². The number of methoxy groups -OCH3 is 2. The third-order valence-corrected chi connectivity index (χ3v) is 5.28. The fourth-order valence-electron chi connectivity index (χ4n) is 2.10. The van der Waals surface area contributed by atoms with Gasteiger partial charge in [-0.3, -0.25) is 5.32 Å². The summed E-state index contributed by atoms with van der Waals surface area (Å²) in [5.74, 6) is 2.49. The van der Waals surface area contributed by atoms with E-state index in [9.17, 15) is 4.79 Å². The molecule has 10 nitrogen and oxygen atoms in total. The number of carbonyl (C=O) groups is 1. The summed E-state index contributed by atoms with van der Waals surface area (Å²) in [6, 6.07) is 5.37. The first-order chi connectivity index (χ1) is 13.6. The molecule has 0 atom stereocenters. The Balaban J connectivity index is 1.61. The molecule has 1 amide bonds. The van der Waals surface area contributed by atoms with Gasteiger partial charge in [0.05, 0.1) is 26.6 Å². The Morgan fingerprint density at radius 3 is 2.82 bits per heavy atom. The van der Waals surface area contributed by atoms with E-state index in [0.717, 1.165) is 5.56 Å². The van der Waals surface area contributed by atoms with Gasteiger partial charge in [-0.1, -0.05) is 28.3 Å². The zero-order valence-corrected chi connectivity index (χ0v) is 16.9. The van der Waals surface area contributed by atoms with Gasteiger partial charge in [0, 0.05) is 5.56 Å². The Hall–Kier alpha value is -2.86. The van der Waals surface area contributed by atoms with E-state index in [1.165, 1.54) is 23.1 Å². The van der Waals surface area contributed by atoms with Gasteiger partial charge in [-0.05, 0) is 25.1 Å². The van der Waals surface area contributed by atoms with Crippen LogP contribution in [0.4, 0.5) is 9.93 Å². The highest BCUT2D eigenvalue weighted by Crippen LogP contribution is 2.32. The molecule has 0 aliphatic rings. The SMILES string of the molecule is CCOC(=O)Nc1nnc(SCc2nc(-c3ccc(OC)c(OC)c3)no2)s1. The van der Waals surface area contributed by atoms with Gasteiger partial charge in [-0.25, -0.2) is 4.79 Å². The van der Waals surface area contributed by atoms with Gasteiger partial charge in [-0.2, -0.15) is 4.98 Å². The average molecular weight is 423 g/mol. The van der Waals surface area contributed by atoms with Crippen molar-refractivity contribution in [2.75, 3.05) is 26.1 Å². The number of hydrogen-bond donors (Lipinski definition) is 1. The molecular weight excluding hydrogens is 406 g/mol. The molecule has 0 bridgehead atoms. The van der Waals surface area contributed by atoms with Crippen LogP contribution in [-0.2, 0) is 10.5 Å². The summed E-state index contributed by atoms with van der Waals surface area (Å²) >= 11 is 2.60. The average Bonchev–Trinajstić information content (AvgIpc) is 3.35. The quantitative estimate of drug-likeness (QED) is 0.426. The monoisotopic (exact) mass is 423 g/mol. The number of anilines is 1. The Morgan fingerprint density at radius 1 is 1.25 bits per heavy atom. The molecule has 0 saturated carbocycles. The summed E-state index contributed by atoms with van der Waals surface area (Å²) in [4.78, 5) is 15.8. The van der Waals surface area contributed by atoms with Crippen molar-refractivity contribution in [1.82, 2.24) is 20.3 Å². The largest absolute Gasteiger partial charge is 0.493 e. The fourth-order valence-corrected chi connectivity index (χ4v) is 3.68. The molecule has 3 rings (SSSR count). The molecule has 0 spiro atoms. The number of hydrogen-bond acceptors (Lipinski definition) is 11. The van der Waals surface area contributed by atoms with Crippen LogP contribution in [0.1, 0.15) is 12.8 Å². The van der Waals surface area contributed by atoms with Gasteiger partial charge in [-0.15, -0.1) is 10.2 Å². The fraction of sp³-hybridized carbons (Fsp3) is 0.312. The van der Waals surface area contributed by atoms with Crippen molar-refractivity contribution in [2.45, 2.75) is 17.0 Å². The molecule has 12 heteroatoms. The van der Waals surface area contributed by atoms with Crippen LogP contribution in [0, 0.1) is 0 Å². The number of thioether (sulfide) groups is 1. The van der Waals surface area contributed by atoms with Crippen LogP contribution in [0.3, 0.4) is 0 Å². The van der Waals surface area contributed by atoms with Crippen LogP contribution in [0.2, 0.25) is 0 Å². The Labute approximate surface area is 168 Å². The number of benzene rings is 1. The maximum Gasteiger partial charge on any atom is 0.413 e. The number of rotatable bonds is 8. The lowest BCUT2D eigenvalue weighted by Crippen LogP contribution is -2.12. The van der Waals surface area contributed by atoms with Crippen molar-refractivity contribution in [3.8, 4) is 22.9 Å². The molecule has 3 aromatic rings. The molecule has 1 N–H and O–H groups in total. The van der Waals surface area contributed by atoms with Gasteiger partial charge < -0.3 is 18.7 Å². The molecule has 1 aromatic carbocycles. The summed E-state index contributed by atoms with van der Waals surface area (Å²) < 4.78 is 21.2. The number of carbonyl (C=O) groups excluding carboxylic acids is 1. The zero-order chi connectivity index (χ0) is 19.9. The smallest absolute Gasteiger partial charge is 0.413 e. The predicted octanol–water partition coefficient (Wildman–Crippen LogP) is 3.47. The summed E-state index contributed by atoms with van der Waals surface area (Å²) in [5.41, 5.74) is 0.745.